The van der Waals surface area contributed by atoms with Gasteiger partial charge in [0.05, 0.1) is 0 Å². The van der Waals surface area contributed by atoms with Gasteiger partial charge in [-0.15, -0.1) is 0 Å². The van der Waals surface area contributed by atoms with E-state index in [2.05, 4.69) is 31.0 Å². The molecule has 3 nitrogen and oxygen atoms in total. The number of amides is 1. The van der Waals surface area contributed by atoms with Gasteiger partial charge in [-0.1, -0.05) is 26.7 Å². The third-order valence-corrected chi connectivity index (χ3v) is 6.02. The van der Waals surface area contributed by atoms with Crippen LogP contribution in [0.25, 0.3) is 0 Å². The van der Waals surface area contributed by atoms with Crippen LogP contribution in [0.15, 0.2) is 0 Å². The molecule has 4 unspecified atom stereocenters. The van der Waals surface area contributed by atoms with Crippen LogP contribution in [0.5, 0.6) is 0 Å². The first kappa shape index (κ1) is 13.4. The number of nitrogens with one attached hydrogen (secondary N) is 1. The molecule has 0 aromatic carbocycles. The van der Waals surface area contributed by atoms with E-state index < -0.39 is 0 Å². The Morgan fingerprint density at radius 1 is 1.26 bits per heavy atom. The molecule has 1 amide bonds. The van der Waals surface area contributed by atoms with Crippen molar-refractivity contribution in [3.05, 3.63) is 0 Å². The predicted octanol–water partition coefficient (Wildman–Crippen LogP) is 2.27. The van der Waals surface area contributed by atoms with Gasteiger partial charge in [0, 0.05) is 31.6 Å². The van der Waals surface area contributed by atoms with E-state index in [-0.39, 0.29) is 11.3 Å². The number of hydrogen-bond acceptors (Lipinski definition) is 2. The summed E-state index contributed by atoms with van der Waals surface area (Å²) in [7, 11) is 0. The molecule has 3 fully saturated rings. The Balaban J connectivity index is 1.73. The molecule has 0 aromatic rings. The Morgan fingerprint density at radius 3 is 2.74 bits per heavy atom. The van der Waals surface area contributed by atoms with Gasteiger partial charge in [-0.25, -0.2) is 0 Å². The Kier molecular flexibility index (Phi) is 3.36. The van der Waals surface area contributed by atoms with E-state index in [0.717, 1.165) is 26.1 Å². The van der Waals surface area contributed by atoms with Gasteiger partial charge in [-0.05, 0) is 37.0 Å². The van der Waals surface area contributed by atoms with Crippen LogP contribution >= 0.6 is 0 Å². The standard InChI is InChI=1S/C16H28N2O/c1-11-13-9-17-8-12(13)10-18(11)15(19)14-6-4-5-7-16(14,2)3/h11-14,17H,4-10H2,1-3H3. The molecule has 108 valence electrons. The quantitative estimate of drug-likeness (QED) is 0.788. The van der Waals surface area contributed by atoms with Crippen LogP contribution in [0, 0.1) is 23.2 Å². The molecule has 0 radical (unpaired) electrons. The maximum Gasteiger partial charge on any atom is 0.226 e. The number of likely N-dealkylation sites (tertiary alicyclic amines) is 1. The third-order valence-electron chi connectivity index (χ3n) is 6.02. The molecule has 1 aliphatic carbocycles. The first-order valence-corrected chi connectivity index (χ1v) is 8.02. The normalized spacial score (nSPS) is 41.3. The first-order chi connectivity index (χ1) is 9.00. The largest absolute Gasteiger partial charge is 0.339 e. The van der Waals surface area contributed by atoms with Crippen molar-refractivity contribution in [2.24, 2.45) is 23.2 Å². The lowest BCUT2D eigenvalue weighted by molar-refractivity contribution is -0.142. The molecule has 1 saturated carbocycles. The van der Waals surface area contributed by atoms with Crippen molar-refractivity contribution < 1.29 is 4.79 Å². The fourth-order valence-corrected chi connectivity index (χ4v) is 4.61. The van der Waals surface area contributed by atoms with Gasteiger partial charge >= 0.3 is 0 Å². The van der Waals surface area contributed by atoms with Crippen LogP contribution in [0.1, 0.15) is 46.5 Å². The second-order valence-electron chi connectivity index (χ2n) is 7.60. The molecular weight excluding hydrogens is 236 g/mol. The van der Waals surface area contributed by atoms with Crippen LogP contribution in [0.4, 0.5) is 0 Å². The minimum Gasteiger partial charge on any atom is -0.339 e. The van der Waals surface area contributed by atoms with Crippen molar-refractivity contribution in [3.63, 3.8) is 0 Å². The Hall–Kier alpha value is -0.570. The van der Waals surface area contributed by atoms with E-state index in [9.17, 15) is 4.79 Å². The van der Waals surface area contributed by atoms with Gasteiger partial charge in [0.25, 0.3) is 0 Å². The summed E-state index contributed by atoms with van der Waals surface area (Å²) in [5.41, 5.74) is 0.199. The number of carbonyl (C=O) groups is 1. The molecule has 0 aromatic heterocycles. The third kappa shape index (κ3) is 2.20. The lowest BCUT2D eigenvalue weighted by Crippen LogP contribution is -2.46. The minimum absolute atomic E-state index is 0.199. The van der Waals surface area contributed by atoms with Crippen LogP contribution < -0.4 is 5.32 Å². The maximum atomic E-state index is 13.0. The second-order valence-corrected chi connectivity index (χ2v) is 7.60. The number of rotatable bonds is 1. The molecule has 3 heteroatoms. The Bertz CT molecular complexity index is 366. The Morgan fingerprint density at radius 2 is 2.05 bits per heavy atom. The molecule has 2 saturated heterocycles. The molecule has 3 rings (SSSR count). The highest BCUT2D eigenvalue weighted by Crippen LogP contribution is 2.43. The average molecular weight is 264 g/mol. The first-order valence-electron chi connectivity index (χ1n) is 8.02. The molecule has 2 heterocycles. The van der Waals surface area contributed by atoms with Gasteiger partial charge in [0.2, 0.25) is 5.91 Å². The van der Waals surface area contributed by atoms with E-state index in [0.29, 0.717) is 23.8 Å². The van der Waals surface area contributed by atoms with Crippen LogP contribution in [-0.2, 0) is 4.79 Å². The number of nitrogens with zero attached hydrogens (tertiary/aromatic N) is 1. The van der Waals surface area contributed by atoms with Crippen molar-refractivity contribution in [2.45, 2.75) is 52.5 Å². The van der Waals surface area contributed by atoms with Gasteiger partial charge in [-0.3, -0.25) is 4.79 Å². The summed E-state index contributed by atoms with van der Waals surface area (Å²) in [6, 6.07) is 0.435. The van der Waals surface area contributed by atoms with E-state index in [1.54, 1.807) is 0 Å². The summed E-state index contributed by atoms with van der Waals surface area (Å²) in [4.78, 5) is 15.2. The van der Waals surface area contributed by atoms with Gasteiger partial charge < -0.3 is 10.2 Å². The number of hydrogen-bond donors (Lipinski definition) is 1. The summed E-state index contributed by atoms with van der Waals surface area (Å²) < 4.78 is 0. The minimum atomic E-state index is 0.199. The van der Waals surface area contributed by atoms with Crippen molar-refractivity contribution in [2.75, 3.05) is 19.6 Å². The fourth-order valence-electron chi connectivity index (χ4n) is 4.61. The zero-order valence-corrected chi connectivity index (χ0v) is 12.6. The second kappa shape index (κ2) is 4.76. The monoisotopic (exact) mass is 264 g/mol. The van der Waals surface area contributed by atoms with Gasteiger partial charge in [-0.2, -0.15) is 0 Å². The van der Waals surface area contributed by atoms with E-state index >= 15 is 0 Å². The lowest BCUT2D eigenvalue weighted by Gasteiger charge is -2.40. The molecule has 0 bridgehead atoms. The summed E-state index contributed by atoms with van der Waals surface area (Å²) in [6.45, 7) is 10.0. The van der Waals surface area contributed by atoms with E-state index in [4.69, 9.17) is 0 Å². The average Bonchev–Trinajstić information content (AvgIpc) is 2.91. The highest BCUT2D eigenvalue weighted by atomic mass is 16.2. The fraction of sp³-hybridized carbons (Fsp3) is 0.938. The number of carbonyl (C=O) groups excluding carboxylic acids is 1. The highest BCUT2D eigenvalue weighted by Gasteiger charge is 2.47. The molecule has 1 N–H and O–H groups in total. The zero-order valence-electron chi connectivity index (χ0n) is 12.6. The zero-order chi connectivity index (χ0) is 13.6. The predicted molar refractivity (Wildman–Crippen MR) is 76.8 cm³/mol. The van der Waals surface area contributed by atoms with Crippen LogP contribution in [0.2, 0.25) is 0 Å². The topological polar surface area (TPSA) is 32.3 Å². The molecule has 19 heavy (non-hydrogen) atoms. The van der Waals surface area contributed by atoms with Crippen molar-refractivity contribution >= 4 is 5.91 Å². The SMILES string of the molecule is CC1C2CNCC2CN1C(=O)C1CCCCC1(C)C. The molecule has 2 aliphatic heterocycles. The van der Waals surface area contributed by atoms with Gasteiger partial charge in [0.15, 0.2) is 0 Å². The van der Waals surface area contributed by atoms with Crippen LogP contribution in [-0.4, -0.2) is 36.5 Å². The summed E-state index contributed by atoms with van der Waals surface area (Å²) >= 11 is 0. The molecular formula is C16H28N2O. The number of fused-ring (bicyclic) bond motifs is 1. The summed E-state index contributed by atoms with van der Waals surface area (Å²) in [5, 5.41) is 3.47. The van der Waals surface area contributed by atoms with E-state index in [1.807, 2.05) is 0 Å². The van der Waals surface area contributed by atoms with Crippen molar-refractivity contribution in [1.29, 1.82) is 0 Å². The van der Waals surface area contributed by atoms with E-state index in [1.165, 1.54) is 19.3 Å². The Labute approximate surface area is 117 Å². The highest BCUT2D eigenvalue weighted by molar-refractivity contribution is 5.80. The van der Waals surface area contributed by atoms with Crippen LogP contribution in [0.3, 0.4) is 0 Å². The molecule has 3 aliphatic rings. The summed E-state index contributed by atoms with van der Waals surface area (Å²) in [6.07, 6.45) is 4.83. The van der Waals surface area contributed by atoms with Crippen molar-refractivity contribution in [1.82, 2.24) is 10.2 Å². The smallest absolute Gasteiger partial charge is 0.226 e. The summed E-state index contributed by atoms with van der Waals surface area (Å²) in [5.74, 6) is 2.10. The van der Waals surface area contributed by atoms with Gasteiger partial charge in [0.1, 0.15) is 0 Å². The molecule has 4 atom stereocenters. The van der Waals surface area contributed by atoms with Crippen molar-refractivity contribution in [3.8, 4) is 0 Å². The lowest BCUT2D eigenvalue weighted by atomic mass is 9.68. The maximum absolute atomic E-state index is 13.0. The molecule has 0 spiro atoms.